The monoisotopic (exact) mass is 338 g/mol. The Kier molecular flexibility index (Phi) is 4.48. The highest BCUT2D eigenvalue weighted by Gasteiger charge is 1.96. The van der Waals surface area contributed by atoms with Crippen molar-refractivity contribution < 1.29 is 0 Å². The number of benzene rings is 2. The minimum absolute atomic E-state index is 1.25. The highest BCUT2D eigenvalue weighted by molar-refractivity contribution is 14.1. The van der Waals surface area contributed by atoms with E-state index in [1.165, 1.54) is 13.4 Å². The molecule has 0 spiro atoms. The van der Waals surface area contributed by atoms with Crippen molar-refractivity contribution in [2.24, 2.45) is 0 Å². The molecule has 0 unspecified atom stereocenters. The Morgan fingerprint density at radius 2 is 1.44 bits per heavy atom. The fourth-order valence-electron chi connectivity index (χ4n) is 1.31. The number of hydrogen-bond donors (Lipinski definition) is 0. The van der Waals surface area contributed by atoms with Crippen molar-refractivity contribution in [3.63, 3.8) is 0 Å². The second-order valence-corrected chi connectivity index (χ2v) is 6.28. The molecule has 2 heteroatoms. The van der Waals surface area contributed by atoms with E-state index < -0.39 is 0 Å². The molecule has 2 aromatic rings. The van der Waals surface area contributed by atoms with Gasteiger partial charge in [0.1, 0.15) is 0 Å². The van der Waals surface area contributed by atoms with Crippen LogP contribution >= 0.6 is 34.4 Å². The molecule has 2 rings (SSSR count). The van der Waals surface area contributed by atoms with E-state index in [1.54, 1.807) is 11.8 Å². The molecule has 0 bridgehead atoms. The lowest BCUT2D eigenvalue weighted by Crippen LogP contribution is -1.71. The summed E-state index contributed by atoms with van der Waals surface area (Å²) in [6.07, 6.45) is 2.19. The summed E-state index contributed by atoms with van der Waals surface area (Å²) < 4.78 is 1.27. The molecule has 0 aromatic heterocycles. The van der Waals surface area contributed by atoms with Gasteiger partial charge in [0, 0.05) is 4.90 Å². The van der Waals surface area contributed by atoms with Crippen LogP contribution in [0.2, 0.25) is 0 Å². The van der Waals surface area contributed by atoms with Gasteiger partial charge in [-0.25, -0.2) is 0 Å². The molecule has 0 nitrogen and oxygen atoms in total. The zero-order chi connectivity index (χ0) is 11.2. The van der Waals surface area contributed by atoms with Crippen molar-refractivity contribution in [1.82, 2.24) is 0 Å². The summed E-state index contributed by atoms with van der Waals surface area (Å²) in [6.45, 7) is 0. The van der Waals surface area contributed by atoms with E-state index in [2.05, 4.69) is 77.2 Å². The lowest BCUT2D eigenvalue weighted by Gasteiger charge is -1.99. The van der Waals surface area contributed by atoms with E-state index in [-0.39, 0.29) is 0 Å². The van der Waals surface area contributed by atoms with Crippen LogP contribution in [0.25, 0.3) is 6.08 Å². The summed E-state index contributed by atoms with van der Waals surface area (Å²) >= 11 is 4.16. The van der Waals surface area contributed by atoms with Crippen LogP contribution in [-0.2, 0) is 0 Å². The second kappa shape index (κ2) is 6.11. The first-order valence-corrected chi connectivity index (χ1v) is 6.89. The van der Waals surface area contributed by atoms with E-state index in [1.807, 2.05) is 12.1 Å². The molecule has 0 saturated heterocycles. The maximum Gasteiger partial charge on any atom is 0.0512 e. The Morgan fingerprint density at radius 3 is 2.06 bits per heavy atom. The zero-order valence-electron chi connectivity index (χ0n) is 8.64. The molecule has 2 aromatic carbocycles. The van der Waals surface area contributed by atoms with Gasteiger partial charge in [-0.1, -0.05) is 60.3 Å². The van der Waals surface area contributed by atoms with Crippen LogP contribution < -0.4 is 0 Å². The molecular weight excluding hydrogens is 327 g/mol. The molecule has 0 N–H and O–H groups in total. The number of hydrogen-bond acceptors (Lipinski definition) is 1. The first-order chi connectivity index (χ1) is 7.84. The third-order valence-electron chi connectivity index (χ3n) is 2.04. The molecule has 0 aliphatic heterocycles. The van der Waals surface area contributed by atoms with Crippen LogP contribution in [0.5, 0.6) is 0 Å². The van der Waals surface area contributed by atoms with Gasteiger partial charge in [0.15, 0.2) is 0 Å². The van der Waals surface area contributed by atoms with Gasteiger partial charge in [-0.2, -0.15) is 0 Å². The third-order valence-corrected chi connectivity index (χ3v) is 3.83. The number of halogens is 1. The van der Waals surface area contributed by atoms with Gasteiger partial charge in [0.25, 0.3) is 0 Å². The summed E-state index contributed by atoms with van der Waals surface area (Å²) in [6, 6.07) is 20.8. The van der Waals surface area contributed by atoms with Crippen molar-refractivity contribution in [3.05, 3.63) is 69.1 Å². The van der Waals surface area contributed by atoms with E-state index in [4.69, 9.17) is 0 Å². The summed E-state index contributed by atoms with van der Waals surface area (Å²) in [5.74, 6) is 0. The standard InChI is InChI=1S/C14H11IS/c15-14(11-12-7-3-1-4-8-12)16-13-9-5-2-6-10-13/h1-11H/b14-11-. The molecule has 0 heterocycles. The molecular formula is C14H11IS. The SMILES string of the molecule is I/C(=C/c1ccccc1)Sc1ccccc1. The molecule has 0 atom stereocenters. The zero-order valence-corrected chi connectivity index (χ0v) is 11.6. The highest BCUT2D eigenvalue weighted by atomic mass is 127. The van der Waals surface area contributed by atoms with E-state index in [0.717, 1.165) is 0 Å². The van der Waals surface area contributed by atoms with Gasteiger partial charge in [-0.05, 0) is 46.4 Å². The topological polar surface area (TPSA) is 0 Å². The lowest BCUT2D eigenvalue weighted by molar-refractivity contribution is 1.47. The molecule has 80 valence electrons. The molecule has 0 aliphatic rings. The molecule has 16 heavy (non-hydrogen) atoms. The Hall–Kier alpha value is -0.740. The number of rotatable bonds is 3. The maximum absolute atomic E-state index is 2.37. The van der Waals surface area contributed by atoms with Crippen molar-refractivity contribution in [3.8, 4) is 0 Å². The molecule has 0 fully saturated rings. The minimum atomic E-state index is 1.25. The van der Waals surface area contributed by atoms with Gasteiger partial charge in [0.2, 0.25) is 0 Å². The van der Waals surface area contributed by atoms with Crippen LogP contribution in [-0.4, -0.2) is 0 Å². The van der Waals surface area contributed by atoms with Crippen molar-refractivity contribution >= 4 is 40.4 Å². The summed E-state index contributed by atoms with van der Waals surface area (Å²) in [5.41, 5.74) is 1.25. The fraction of sp³-hybridized carbons (Fsp3) is 0. The molecule has 0 aliphatic carbocycles. The lowest BCUT2D eigenvalue weighted by atomic mass is 10.2. The molecule has 0 radical (unpaired) electrons. The maximum atomic E-state index is 2.37. The average Bonchev–Trinajstić information content (AvgIpc) is 2.31. The van der Waals surface area contributed by atoms with Crippen molar-refractivity contribution in [2.75, 3.05) is 0 Å². The van der Waals surface area contributed by atoms with Crippen LogP contribution in [0, 0.1) is 0 Å². The van der Waals surface area contributed by atoms with Gasteiger partial charge in [0.05, 0.1) is 2.91 Å². The highest BCUT2D eigenvalue weighted by Crippen LogP contribution is 2.32. The van der Waals surface area contributed by atoms with Crippen LogP contribution in [0.15, 0.2) is 68.5 Å². The minimum Gasteiger partial charge on any atom is -0.0834 e. The van der Waals surface area contributed by atoms with Crippen LogP contribution in [0.3, 0.4) is 0 Å². The average molecular weight is 338 g/mol. The first kappa shape index (κ1) is 11.7. The number of thioether (sulfide) groups is 1. The third kappa shape index (κ3) is 3.68. The van der Waals surface area contributed by atoms with Gasteiger partial charge in [-0.15, -0.1) is 0 Å². The predicted octanol–water partition coefficient (Wildman–Crippen LogP) is 5.21. The Labute approximate surface area is 114 Å². The van der Waals surface area contributed by atoms with Gasteiger partial charge in [-0.3, -0.25) is 0 Å². The van der Waals surface area contributed by atoms with E-state index >= 15 is 0 Å². The Balaban J connectivity index is 2.09. The Bertz CT molecular complexity index is 463. The summed E-state index contributed by atoms with van der Waals surface area (Å²) in [5, 5.41) is 0. The second-order valence-electron chi connectivity index (χ2n) is 3.27. The van der Waals surface area contributed by atoms with E-state index in [0.29, 0.717) is 0 Å². The summed E-state index contributed by atoms with van der Waals surface area (Å²) in [4.78, 5) is 1.28. The predicted molar refractivity (Wildman–Crippen MR) is 80.7 cm³/mol. The van der Waals surface area contributed by atoms with E-state index in [9.17, 15) is 0 Å². The fourth-order valence-corrected chi connectivity index (χ4v) is 3.15. The quantitative estimate of drug-likeness (QED) is 0.547. The smallest absolute Gasteiger partial charge is 0.0512 e. The van der Waals surface area contributed by atoms with Crippen LogP contribution in [0.4, 0.5) is 0 Å². The summed E-state index contributed by atoms with van der Waals surface area (Å²) in [7, 11) is 0. The van der Waals surface area contributed by atoms with Crippen LogP contribution in [0.1, 0.15) is 5.56 Å². The molecule has 0 saturated carbocycles. The molecule has 0 amide bonds. The first-order valence-electron chi connectivity index (χ1n) is 5.00. The van der Waals surface area contributed by atoms with Gasteiger partial charge >= 0.3 is 0 Å². The van der Waals surface area contributed by atoms with Gasteiger partial charge < -0.3 is 0 Å². The van der Waals surface area contributed by atoms with Crippen molar-refractivity contribution in [1.29, 1.82) is 0 Å². The van der Waals surface area contributed by atoms with Crippen molar-refractivity contribution in [2.45, 2.75) is 4.90 Å². The normalized spacial score (nSPS) is 11.4. The Morgan fingerprint density at radius 1 is 0.875 bits per heavy atom. The largest absolute Gasteiger partial charge is 0.0834 e.